The van der Waals surface area contributed by atoms with Crippen LogP contribution in [0.4, 0.5) is 0 Å². The van der Waals surface area contributed by atoms with Crippen LogP contribution in [-0.2, 0) is 19.2 Å². The summed E-state index contributed by atoms with van der Waals surface area (Å²) in [5.41, 5.74) is -0.803. The highest BCUT2D eigenvalue weighted by Gasteiger charge is 2.46. The number of hydrogen-bond acceptors (Lipinski definition) is 6. The number of rotatable bonds is 2. The predicted molar refractivity (Wildman–Crippen MR) is 141 cm³/mol. The van der Waals surface area contributed by atoms with Crippen molar-refractivity contribution in [1.29, 1.82) is 0 Å². The van der Waals surface area contributed by atoms with Gasteiger partial charge in [-0.3, -0.25) is 29.0 Å². The topological polar surface area (TPSA) is 74.8 Å². The molecule has 2 aliphatic heterocycles. The number of thioether (sulfide) groups is 2. The zero-order chi connectivity index (χ0) is 25.4. The van der Waals surface area contributed by atoms with Crippen LogP contribution in [0.1, 0.15) is 103 Å². The Morgan fingerprint density at radius 1 is 0.576 bits per heavy atom. The second kappa shape index (κ2) is 10.7. The summed E-state index contributed by atoms with van der Waals surface area (Å²) in [6.07, 6.45) is 0.691. The molecule has 0 N–H and O–H groups in total. The SMILES string of the molecule is C.CC(C)(C)SC1CC(=O)N(C(C)(C)C)C1=O.CC(C)(C)SC1CC(=O)N(C(C)(C)C)C1=O. The number of carbonyl (C=O) groups excluding carboxylic acids is 4. The fraction of sp³-hybridized carbons (Fsp3) is 0.840. The maximum atomic E-state index is 12.1. The molecule has 0 bridgehead atoms. The molecule has 2 fully saturated rings. The monoisotopic (exact) mass is 502 g/mol. The summed E-state index contributed by atoms with van der Waals surface area (Å²) in [4.78, 5) is 50.7. The molecule has 4 amide bonds. The van der Waals surface area contributed by atoms with Crippen molar-refractivity contribution in [3.8, 4) is 0 Å². The molecule has 0 aliphatic carbocycles. The molecule has 0 spiro atoms. The molecular weight excluding hydrogens is 456 g/mol. The van der Waals surface area contributed by atoms with Crippen molar-refractivity contribution < 1.29 is 19.2 Å². The molecule has 2 heterocycles. The number of imide groups is 2. The van der Waals surface area contributed by atoms with Crippen LogP contribution in [0.25, 0.3) is 0 Å². The van der Waals surface area contributed by atoms with E-state index in [4.69, 9.17) is 0 Å². The van der Waals surface area contributed by atoms with Gasteiger partial charge in [-0.15, -0.1) is 23.5 Å². The minimum Gasteiger partial charge on any atom is -0.276 e. The van der Waals surface area contributed by atoms with Gasteiger partial charge in [0.05, 0.1) is 10.5 Å². The molecule has 0 aromatic heterocycles. The second-order valence-corrected chi connectivity index (χ2v) is 16.4. The Morgan fingerprint density at radius 2 is 0.818 bits per heavy atom. The van der Waals surface area contributed by atoms with Gasteiger partial charge in [-0.2, -0.15) is 0 Å². The molecule has 2 saturated heterocycles. The molecular formula is C25H46N2O4S2. The fourth-order valence-electron chi connectivity index (χ4n) is 3.66. The Hall–Kier alpha value is -1.02. The summed E-state index contributed by atoms with van der Waals surface area (Å²) < 4.78 is 0.0169. The van der Waals surface area contributed by atoms with Gasteiger partial charge in [0, 0.05) is 33.4 Å². The highest BCUT2D eigenvalue weighted by molar-refractivity contribution is 8.02. The van der Waals surface area contributed by atoms with E-state index in [1.165, 1.54) is 9.80 Å². The van der Waals surface area contributed by atoms with Crippen LogP contribution in [0.15, 0.2) is 0 Å². The maximum absolute atomic E-state index is 12.1. The van der Waals surface area contributed by atoms with Crippen molar-refractivity contribution in [2.24, 2.45) is 0 Å². The Balaban J connectivity index is 0.000000602. The van der Waals surface area contributed by atoms with Crippen LogP contribution < -0.4 is 0 Å². The minimum atomic E-state index is -0.401. The maximum Gasteiger partial charge on any atom is 0.243 e. The third-order valence-corrected chi connectivity index (χ3v) is 7.26. The molecule has 8 heteroatoms. The largest absolute Gasteiger partial charge is 0.276 e. The predicted octanol–water partition coefficient (Wildman–Crippen LogP) is 5.52. The van der Waals surface area contributed by atoms with Crippen LogP contribution >= 0.6 is 23.5 Å². The van der Waals surface area contributed by atoms with Crippen molar-refractivity contribution in [3.63, 3.8) is 0 Å². The van der Waals surface area contributed by atoms with E-state index in [-0.39, 0.29) is 51.0 Å². The van der Waals surface area contributed by atoms with Gasteiger partial charge in [0.2, 0.25) is 23.6 Å². The van der Waals surface area contributed by atoms with E-state index >= 15 is 0 Å². The molecule has 0 aromatic rings. The summed E-state index contributed by atoms with van der Waals surface area (Å²) in [5, 5.41) is -0.404. The summed E-state index contributed by atoms with van der Waals surface area (Å²) in [6.45, 7) is 23.8. The van der Waals surface area contributed by atoms with Gasteiger partial charge in [-0.25, -0.2) is 0 Å². The summed E-state index contributed by atoms with van der Waals surface area (Å²) in [6, 6.07) is 0. The zero-order valence-corrected chi connectivity index (χ0v) is 23.5. The lowest BCUT2D eigenvalue weighted by molar-refractivity contribution is -0.145. The van der Waals surface area contributed by atoms with E-state index in [9.17, 15) is 19.2 Å². The standard InChI is InChI=1S/2C12H21NO2S.CH4/c2*1-11(2,3)13-9(14)7-8(10(13)15)16-12(4,5)6;/h2*8H,7H2,1-6H3;1H4. The van der Waals surface area contributed by atoms with Crippen LogP contribution in [-0.4, -0.2) is 64.5 Å². The van der Waals surface area contributed by atoms with E-state index in [2.05, 4.69) is 41.5 Å². The van der Waals surface area contributed by atoms with Crippen LogP contribution in [0, 0.1) is 0 Å². The van der Waals surface area contributed by atoms with Crippen molar-refractivity contribution >= 4 is 47.2 Å². The Labute approximate surface area is 210 Å². The van der Waals surface area contributed by atoms with E-state index < -0.39 is 11.1 Å². The molecule has 2 atom stereocenters. The van der Waals surface area contributed by atoms with E-state index in [0.717, 1.165) is 0 Å². The molecule has 0 aromatic carbocycles. The second-order valence-electron chi connectivity index (χ2n) is 12.3. The molecule has 2 unspecified atom stereocenters. The Kier molecular flexibility index (Phi) is 10.4. The van der Waals surface area contributed by atoms with Crippen molar-refractivity contribution in [1.82, 2.24) is 9.80 Å². The van der Waals surface area contributed by atoms with Crippen molar-refractivity contribution in [3.05, 3.63) is 0 Å². The fourth-order valence-corrected chi connectivity index (χ4v) is 6.23. The first-order valence-corrected chi connectivity index (χ1v) is 12.9. The van der Waals surface area contributed by atoms with E-state index in [1.807, 2.05) is 41.5 Å². The first kappa shape index (κ1) is 32.0. The normalized spacial score (nSPS) is 22.4. The molecule has 0 radical (unpaired) electrons. The van der Waals surface area contributed by atoms with E-state index in [1.54, 1.807) is 23.5 Å². The summed E-state index contributed by atoms with van der Waals surface area (Å²) >= 11 is 3.17. The molecule has 192 valence electrons. The first-order chi connectivity index (χ1) is 14.0. The average Bonchev–Trinajstić information content (AvgIpc) is 2.91. The lowest BCUT2D eigenvalue weighted by atomic mass is 10.1. The molecule has 2 rings (SSSR count). The highest BCUT2D eigenvalue weighted by atomic mass is 32.2. The van der Waals surface area contributed by atoms with Gasteiger partial charge in [0.15, 0.2) is 0 Å². The molecule has 6 nitrogen and oxygen atoms in total. The van der Waals surface area contributed by atoms with Crippen LogP contribution in [0.2, 0.25) is 0 Å². The number of carbonyl (C=O) groups is 4. The molecule has 2 aliphatic rings. The van der Waals surface area contributed by atoms with Gasteiger partial charge in [-0.05, 0) is 41.5 Å². The number of nitrogens with zero attached hydrogens (tertiary/aromatic N) is 2. The van der Waals surface area contributed by atoms with Crippen LogP contribution in [0.5, 0.6) is 0 Å². The quantitative estimate of drug-likeness (QED) is 0.463. The number of amides is 4. The minimum absolute atomic E-state index is 0. The van der Waals surface area contributed by atoms with Gasteiger partial charge >= 0.3 is 0 Å². The van der Waals surface area contributed by atoms with E-state index in [0.29, 0.717) is 12.8 Å². The molecule has 0 saturated carbocycles. The van der Waals surface area contributed by atoms with Crippen LogP contribution in [0.3, 0.4) is 0 Å². The smallest absolute Gasteiger partial charge is 0.243 e. The van der Waals surface area contributed by atoms with Gasteiger partial charge in [0.1, 0.15) is 0 Å². The lowest BCUT2D eigenvalue weighted by Gasteiger charge is -2.30. The first-order valence-electron chi connectivity index (χ1n) is 11.1. The van der Waals surface area contributed by atoms with Crippen molar-refractivity contribution in [2.75, 3.05) is 0 Å². The average molecular weight is 503 g/mol. The zero-order valence-electron chi connectivity index (χ0n) is 21.9. The third-order valence-electron chi connectivity index (χ3n) is 4.54. The Bertz CT molecular complexity index is 688. The number of hydrogen-bond donors (Lipinski definition) is 0. The van der Waals surface area contributed by atoms with Gasteiger partial charge < -0.3 is 0 Å². The van der Waals surface area contributed by atoms with Gasteiger partial charge in [-0.1, -0.05) is 49.0 Å². The molecule has 33 heavy (non-hydrogen) atoms. The summed E-state index contributed by atoms with van der Waals surface area (Å²) in [7, 11) is 0. The number of likely N-dealkylation sites (tertiary alicyclic amines) is 2. The van der Waals surface area contributed by atoms with Gasteiger partial charge in [0.25, 0.3) is 0 Å². The summed E-state index contributed by atoms with van der Waals surface area (Å²) in [5.74, 6) is -0.145. The third kappa shape index (κ3) is 9.27. The van der Waals surface area contributed by atoms with Crippen molar-refractivity contribution in [2.45, 2.75) is 134 Å². The highest BCUT2D eigenvalue weighted by Crippen LogP contribution is 2.38. The lowest BCUT2D eigenvalue weighted by Crippen LogP contribution is -2.46. The Morgan fingerprint density at radius 3 is 0.970 bits per heavy atom.